The molecule has 0 aromatic heterocycles. The lowest BCUT2D eigenvalue weighted by Gasteiger charge is -2.37. The highest BCUT2D eigenvalue weighted by Crippen LogP contribution is 2.26. The van der Waals surface area contributed by atoms with Crippen LogP contribution in [0.1, 0.15) is 46.0 Å². The minimum atomic E-state index is -3.24. The Kier molecular flexibility index (Phi) is 6.25. The molecular formula is C16H28N2O5S. The second-order valence-corrected chi connectivity index (χ2v) is 9.62. The van der Waals surface area contributed by atoms with Gasteiger partial charge < -0.3 is 10.0 Å². The first-order valence-electron chi connectivity index (χ1n) is 8.71. The number of sulfonamides is 1. The van der Waals surface area contributed by atoms with E-state index in [-0.39, 0.29) is 24.2 Å². The molecule has 2 fully saturated rings. The number of carboxylic acid groups (broad SMARTS) is 1. The van der Waals surface area contributed by atoms with Crippen LogP contribution in [0.3, 0.4) is 0 Å². The SMILES string of the molecule is CC(C)S(=O)(=O)N1CCC(C(=O)N2CCC(CC(=O)O)CC2)CC1. The summed E-state index contributed by atoms with van der Waals surface area (Å²) < 4.78 is 25.8. The van der Waals surface area contributed by atoms with E-state index in [0.29, 0.717) is 39.0 Å². The molecule has 8 heteroatoms. The zero-order valence-electron chi connectivity index (χ0n) is 14.5. The molecule has 2 saturated heterocycles. The van der Waals surface area contributed by atoms with Crippen LogP contribution in [0.15, 0.2) is 0 Å². The molecule has 0 saturated carbocycles. The average Bonchev–Trinajstić information content (AvgIpc) is 2.54. The van der Waals surface area contributed by atoms with Crippen molar-refractivity contribution >= 4 is 21.9 Å². The van der Waals surface area contributed by atoms with Crippen LogP contribution < -0.4 is 0 Å². The van der Waals surface area contributed by atoms with Crippen molar-refractivity contribution in [2.75, 3.05) is 26.2 Å². The predicted octanol–water partition coefficient (Wildman–Crippen LogP) is 1.15. The van der Waals surface area contributed by atoms with Gasteiger partial charge in [-0.25, -0.2) is 12.7 Å². The summed E-state index contributed by atoms with van der Waals surface area (Å²) in [6.07, 6.45) is 2.78. The maximum atomic E-state index is 12.6. The topological polar surface area (TPSA) is 95.0 Å². The van der Waals surface area contributed by atoms with Gasteiger partial charge in [0.2, 0.25) is 15.9 Å². The van der Waals surface area contributed by atoms with E-state index in [1.807, 2.05) is 4.90 Å². The van der Waals surface area contributed by atoms with Crippen LogP contribution in [0.5, 0.6) is 0 Å². The minimum Gasteiger partial charge on any atom is -0.481 e. The van der Waals surface area contributed by atoms with Crippen LogP contribution in [0.4, 0.5) is 0 Å². The van der Waals surface area contributed by atoms with E-state index >= 15 is 0 Å². The van der Waals surface area contributed by atoms with Gasteiger partial charge in [0.1, 0.15) is 0 Å². The normalized spacial score (nSPS) is 22.0. The van der Waals surface area contributed by atoms with E-state index in [0.717, 1.165) is 12.8 Å². The molecule has 0 aromatic carbocycles. The molecular weight excluding hydrogens is 332 g/mol. The van der Waals surface area contributed by atoms with Gasteiger partial charge in [-0.3, -0.25) is 9.59 Å². The monoisotopic (exact) mass is 360 g/mol. The van der Waals surface area contributed by atoms with Crippen LogP contribution in [0.25, 0.3) is 0 Å². The number of hydrogen-bond acceptors (Lipinski definition) is 4. The fourth-order valence-electron chi connectivity index (χ4n) is 3.52. The van der Waals surface area contributed by atoms with Gasteiger partial charge in [-0.1, -0.05) is 0 Å². The molecule has 0 unspecified atom stereocenters. The summed E-state index contributed by atoms with van der Waals surface area (Å²) in [5, 5.41) is 8.41. The van der Waals surface area contributed by atoms with Crippen molar-refractivity contribution in [2.45, 2.75) is 51.2 Å². The Bertz CT molecular complexity index is 559. The van der Waals surface area contributed by atoms with Crippen molar-refractivity contribution in [1.82, 2.24) is 9.21 Å². The number of hydrogen-bond donors (Lipinski definition) is 1. The molecule has 2 rings (SSSR count). The number of carbonyl (C=O) groups excluding carboxylic acids is 1. The number of likely N-dealkylation sites (tertiary alicyclic amines) is 1. The maximum absolute atomic E-state index is 12.6. The summed E-state index contributed by atoms with van der Waals surface area (Å²) in [6.45, 7) is 5.39. The summed E-state index contributed by atoms with van der Waals surface area (Å²) in [6, 6.07) is 0. The molecule has 0 radical (unpaired) electrons. The first-order chi connectivity index (χ1) is 11.2. The van der Waals surface area contributed by atoms with Gasteiger partial charge in [-0.2, -0.15) is 0 Å². The smallest absolute Gasteiger partial charge is 0.303 e. The molecule has 0 bridgehead atoms. The van der Waals surface area contributed by atoms with Crippen LogP contribution in [-0.2, 0) is 19.6 Å². The van der Waals surface area contributed by atoms with E-state index < -0.39 is 21.2 Å². The third kappa shape index (κ3) is 4.47. The van der Waals surface area contributed by atoms with E-state index in [1.165, 1.54) is 4.31 Å². The number of carbonyl (C=O) groups is 2. The van der Waals surface area contributed by atoms with Crippen molar-refractivity contribution in [3.05, 3.63) is 0 Å². The van der Waals surface area contributed by atoms with Crippen molar-refractivity contribution in [3.63, 3.8) is 0 Å². The first-order valence-corrected chi connectivity index (χ1v) is 10.2. The second-order valence-electron chi connectivity index (χ2n) is 7.13. The van der Waals surface area contributed by atoms with Gasteiger partial charge in [0, 0.05) is 38.5 Å². The Morgan fingerprint density at radius 3 is 2.04 bits per heavy atom. The van der Waals surface area contributed by atoms with Gasteiger partial charge in [0.25, 0.3) is 0 Å². The average molecular weight is 360 g/mol. The Balaban J connectivity index is 1.83. The van der Waals surface area contributed by atoms with Gasteiger partial charge in [0.05, 0.1) is 5.25 Å². The molecule has 24 heavy (non-hydrogen) atoms. The zero-order valence-corrected chi connectivity index (χ0v) is 15.3. The zero-order chi connectivity index (χ0) is 17.9. The van der Waals surface area contributed by atoms with E-state index in [1.54, 1.807) is 13.8 Å². The number of nitrogens with zero attached hydrogens (tertiary/aromatic N) is 2. The molecule has 2 aliphatic rings. The molecule has 1 amide bonds. The maximum Gasteiger partial charge on any atom is 0.303 e. The molecule has 0 aromatic rings. The molecule has 0 atom stereocenters. The van der Waals surface area contributed by atoms with Crippen molar-refractivity contribution in [3.8, 4) is 0 Å². The van der Waals surface area contributed by atoms with Gasteiger partial charge in [0.15, 0.2) is 0 Å². The molecule has 2 aliphatic heterocycles. The van der Waals surface area contributed by atoms with Crippen molar-refractivity contribution in [2.24, 2.45) is 11.8 Å². The number of rotatable bonds is 5. The molecule has 0 aliphatic carbocycles. The van der Waals surface area contributed by atoms with Crippen LogP contribution in [0, 0.1) is 11.8 Å². The van der Waals surface area contributed by atoms with Gasteiger partial charge in [-0.15, -0.1) is 0 Å². The Morgan fingerprint density at radius 2 is 1.58 bits per heavy atom. The van der Waals surface area contributed by atoms with Gasteiger partial charge >= 0.3 is 5.97 Å². The number of amides is 1. The van der Waals surface area contributed by atoms with Gasteiger partial charge in [-0.05, 0) is 45.4 Å². The summed E-state index contributed by atoms with van der Waals surface area (Å²) in [7, 11) is -3.24. The van der Waals surface area contributed by atoms with Crippen LogP contribution >= 0.6 is 0 Å². The fraction of sp³-hybridized carbons (Fsp3) is 0.875. The standard InChI is InChI=1S/C16H28N2O5S/c1-12(2)24(22,23)18-9-5-14(6-10-18)16(21)17-7-3-13(4-8-17)11-15(19)20/h12-14H,3-11H2,1-2H3,(H,19,20). The quantitative estimate of drug-likeness (QED) is 0.793. The van der Waals surface area contributed by atoms with E-state index in [4.69, 9.17) is 5.11 Å². The molecule has 138 valence electrons. The highest BCUT2D eigenvalue weighted by Gasteiger charge is 2.35. The number of piperidine rings is 2. The Hall–Kier alpha value is -1.15. The van der Waals surface area contributed by atoms with Crippen molar-refractivity contribution in [1.29, 1.82) is 0 Å². The highest BCUT2D eigenvalue weighted by atomic mass is 32.2. The van der Waals surface area contributed by atoms with E-state index in [2.05, 4.69) is 0 Å². The largest absolute Gasteiger partial charge is 0.481 e. The predicted molar refractivity (Wildman–Crippen MR) is 89.9 cm³/mol. The second kappa shape index (κ2) is 7.82. The summed E-state index contributed by atoms with van der Waals surface area (Å²) in [4.78, 5) is 25.2. The third-order valence-corrected chi connectivity index (χ3v) is 7.42. The first kappa shape index (κ1) is 19.2. The highest BCUT2D eigenvalue weighted by molar-refractivity contribution is 7.89. The number of aliphatic carboxylic acids is 1. The molecule has 7 nitrogen and oxygen atoms in total. The summed E-state index contributed by atoms with van der Waals surface area (Å²) in [5.41, 5.74) is 0. The third-order valence-electron chi connectivity index (χ3n) is 5.15. The molecule has 1 N–H and O–H groups in total. The summed E-state index contributed by atoms with van der Waals surface area (Å²) >= 11 is 0. The molecule has 2 heterocycles. The number of carboxylic acids is 1. The van der Waals surface area contributed by atoms with E-state index in [9.17, 15) is 18.0 Å². The van der Waals surface area contributed by atoms with Crippen LogP contribution in [0.2, 0.25) is 0 Å². The Labute approximate surface area is 144 Å². The lowest BCUT2D eigenvalue weighted by molar-refractivity contribution is -0.140. The lowest BCUT2D eigenvalue weighted by Crippen LogP contribution is -2.47. The molecule has 0 spiro atoms. The van der Waals surface area contributed by atoms with Crippen LogP contribution in [-0.4, -0.2) is 66.0 Å². The minimum absolute atomic E-state index is 0.102. The summed E-state index contributed by atoms with van der Waals surface area (Å²) in [5.74, 6) is -0.631. The van der Waals surface area contributed by atoms with Crippen molar-refractivity contribution < 1.29 is 23.1 Å². The fourth-order valence-corrected chi connectivity index (χ4v) is 4.83. The Morgan fingerprint density at radius 1 is 1.04 bits per heavy atom. The lowest BCUT2D eigenvalue weighted by atomic mass is 9.91.